The van der Waals surface area contributed by atoms with E-state index in [2.05, 4.69) is 10.2 Å². The molecule has 0 saturated carbocycles. The van der Waals surface area contributed by atoms with Gasteiger partial charge in [-0.25, -0.2) is 9.36 Å². The highest BCUT2D eigenvalue weighted by molar-refractivity contribution is 7.88. The van der Waals surface area contributed by atoms with Crippen molar-refractivity contribution in [1.29, 1.82) is 0 Å². The topological polar surface area (TPSA) is 116 Å². The van der Waals surface area contributed by atoms with Crippen molar-refractivity contribution < 1.29 is 48.1 Å². The van der Waals surface area contributed by atoms with Gasteiger partial charge in [-0.2, -0.15) is 45.0 Å². The van der Waals surface area contributed by atoms with Gasteiger partial charge in [0.2, 0.25) is 0 Å². The molecular formula is C38H28Cl4F6N4O5S3. The van der Waals surface area contributed by atoms with Gasteiger partial charge in [-0.3, -0.25) is 4.55 Å². The first kappa shape index (κ1) is 43.2. The maximum Gasteiger partial charge on any atom is 0.397 e. The van der Waals surface area contributed by atoms with Crippen LogP contribution >= 0.6 is 69.1 Å². The second kappa shape index (κ2) is 16.3. The Morgan fingerprint density at radius 1 is 0.667 bits per heavy atom. The van der Waals surface area contributed by atoms with Gasteiger partial charge in [-0.1, -0.05) is 84.9 Å². The van der Waals surface area contributed by atoms with Crippen molar-refractivity contribution in [3.8, 4) is 11.4 Å². The Morgan fingerprint density at radius 3 is 1.60 bits per heavy atom. The number of fused-ring (bicyclic) bond motifs is 6. The van der Waals surface area contributed by atoms with Crippen molar-refractivity contribution in [2.45, 2.75) is 79.8 Å². The molecule has 2 atom stereocenters. The predicted molar refractivity (Wildman–Crippen MR) is 222 cm³/mol. The molecule has 6 aromatic heterocycles. The Hall–Kier alpha value is -3.49. The highest BCUT2D eigenvalue weighted by atomic mass is 35.5. The molecule has 8 aromatic rings. The first-order chi connectivity index (χ1) is 28.3. The van der Waals surface area contributed by atoms with Gasteiger partial charge < -0.3 is 8.83 Å². The number of rotatable bonds is 14. The van der Waals surface area contributed by atoms with Crippen molar-refractivity contribution in [1.82, 2.24) is 19.6 Å². The van der Waals surface area contributed by atoms with Crippen molar-refractivity contribution in [2.24, 2.45) is 0 Å². The summed E-state index contributed by atoms with van der Waals surface area (Å²) < 4.78 is 136. The largest absolute Gasteiger partial charge is 0.451 e. The summed E-state index contributed by atoms with van der Waals surface area (Å²) in [5.74, 6) is -4.06. The minimum Gasteiger partial charge on any atom is -0.451 e. The molecule has 0 spiro atoms. The maximum atomic E-state index is 14.8. The van der Waals surface area contributed by atoms with Crippen LogP contribution in [-0.4, -0.2) is 44.9 Å². The fourth-order valence-electron chi connectivity index (χ4n) is 7.36. The highest BCUT2D eigenvalue weighted by Crippen LogP contribution is 2.48. The van der Waals surface area contributed by atoms with E-state index in [1.165, 1.54) is 40.3 Å². The summed E-state index contributed by atoms with van der Waals surface area (Å²) in [7, 11) is -4.66. The summed E-state index contributed by atoms with van der Waals surface area (Å²) in [6.07, 6.45) is -8.18. The van der Waals surface area contributed by atoms with Crippen LogP contribution in [0.5, 0.6) is 0 Å². The number of benzene rings is 2. The zero-order chi connectivity index (χ0) is 42.9. The molecule has 0 aliphatic rings. The van der Waals surface area contributed by atoms with Crippen LogP contribution in [-0.2, 0) is 10.1 Å². The van der Waals surface area contributed by atoms with Crippen molar-refractivity contribution in [2.75, 3.05) is 0 Å². The number of alkyl halides is 6. The average Bonchev–Trinajstić information content (AvgIpc) is 3.98. The van der Waals surface area contributed by atoms with Gasteiger partial charge in [0.15, 0.2) is 15.4 Å². The van der Waals surface area contributed by atoms with Gasteiger partial charge in [0.25, 0.3) is 0 Å². The number of aromatic nitrogens is 4. The van der Waals surface area contributed by atoms with Crippen LogP contribution < -0.4 is 0 Å². The number of nitrogens with zero attached hydrogens (tertiary/aromatic N) is 4. The van der Waals surface area contributed by atoms with E-state index in [1.54, 1.807) is 23.6 Å². The van der Waals surface area contributed by atoms with E-state index < -0.39 is 44.2 Å². The van der Waals surface area contributed by atoms with Gasteiger partial charge in [0, 0.05) is 16.1 Å². The normalized spacial score (nSPS) is 14.1. The first-order valence-corrected chi connectivity index (χ1v) is 22.8. The van der Waals surface area contributed by atoms with Crippen LogP contribution in [0.15, 0.2) is 67.0 Å². The molecular weight excluding hydrogens is 944 g/mol. The highest BCUT2D eigenvalue weighted by Gasteiger charge is 2.46. The minimum atomic E-state index is -4.78. The summed E-state index contributed by atoms with van der Waals surface area (Å²) in [5.41, 5.74) is 0.323. The molecule has 0 aliphatic carbocycles. The van der Waals surface area contributed by atoms with Gasteiger partial charge in [0.05, 0.1) is 26.1 Å². The van der Waals surface area contributed by atoms with Crippen LogP contribution in [0, 0.1) is 0 Å². The van der Waals surface area contributed by atoms with Crippen LogP contribution in [0.3, 0.4) is 0 Å². The summed E-state index contributed by atoms with van der Waals surface area (Å²) in [6, 6.07) is 11.6. The van der Waals surface area contributed by atoms with E-state index in [0.29, 0.717) is 63.5 Å². The molecule has 0 saturated heterocycles. The Labute approximate surface area is 364 Å². The van der Waals surface area contributed by atoms with E-state index in [-0.39, 0.29) is 79.1 Å². The van der Waals surface area contributed by atoms with E-state index >= 15 is 0 Å². The third-order valence-electron chi connectivity index (χ3n) is 10.1. The van der Waals surface area contributed by atoms with Gasteiger partial charge in [0.1, 0.15) is 50.1 Å². The average molecular weight is 973 g/mol. The molecule has 0 amide bonds. The lowest BCUT2D eigenvalue weighted by molar-refractivity contribution is -0.153. The molecule has 2 aromatic carbocycles. The molecule has 22 heteroatoms. The summed E-state index contributed by atoms with van der Waals surface area (Å²) >= 11 is 26.9. The molecule has 9 nitrogen and oxygen atoms in total. The Bertz CT molecular complexity index is 3000. The summed E-state index contributed by atoms with van der Waals surface area (Å²) in [4.78, 5) is 0. The lowest BCUT2D eigenvalue weighted by Crippen LogP contribution is -2.22. The standard InChI is InChI=1S/C38H28Cl4F6N4O5S3/c39-18-9-11-24(22(41)15-18)51-31-33(56-26-13-14-58-35(26)31)29(49-51)20(37(43,44)45)7-5-3-1-2-4-6-8-21(38(46,47)48)30-34-32(36-27(57-34)17-28(59-36)60(53,54)55)52(50-30)25-12-10-19(40)16-23(25)42/h9-17,20-21H,1-8H2,(H,53,54,55). The van der Waals surface area contributed by atoms with E-state index in [4.69, 9.17) is 55.2 Å². The van der Waals surface area contributed by atoms with Gasteiger partial charge in [-0.05, 0) is 60.7 Å². The molecule has 1 N–H and O–H groups in total. The Morgan fingerprint density at radius 2 is 1.13 bits per heavy atom. The van der Waals surface area contributed by atoms with E-state index in [1.807, 2.05) is 0 Å². The SMILES string of the molecule is O=S(=O)(O)c1cc2oc3c(C(CCCCCCCCC(c4nn(-c5ccc(Cl)cc5Cl)c5c4oc4ccsc45)C(F)(F)F)C(F)(F)F)nn(-c4ccc(Cl)cc4Cl)c3c2s1. The zero-order valence-corrected chi connectivity index (χ0v) is 35.9. The summed E-state index contributed by atoms with van der Waals surface area (Å²) in [6.45, 7) is 0. The maximum absolute atomic E-state index is 14.8. The number of thiophene rings is 2. The monoisotopic (exact) mass is 970 g/mol. The fourth-order valence-corrected chi connectivity index (χ4v) is 11.0. The number of hydrogen-bond acceptors (Lipinski definition) is 8. The van der Waals surface area contributed by atoms with Gasteiger partial charge >= 0.3 is 22.5 Å². The van der Waals surface area contributed by atoms with Crippen molar-refractivity contribution >= 4 is 122 Å². The number of hydrogen-bond donors (Lipinski definition) is 1. The van der Waals surface area contributed by atoms with Crippen LogP contribution in [0.1, 0.15) is 74.6 Å². The fraction of sp³-hybridized carbons (Fsp3) is 0.316. The molecule has 6 heterocycles. The second-order valence-electron chi connectivity index (χ2n) is 14.1. The second-order valence-corrected chi connectivity index (χ2v) is 19.4. The smallest absolute Gasteiger partial charge is 0.397 e. The molecule has 318 valence electrons. The van der Waals surface area contributed by atoms with Crippen LogP contribution in [0.25, 0.3) is 54.1 Å². The lowest BCUT2D eigenvalue weighted by Gasteiger charge is -2.19. The predicted octanol–water partition coefficient (Wildman–Crippen LogP) is 15.0. The molecule has 2 unspecified atom stereocenters. The van der Waals surface area contributed by atoms with Crippen molar-refractivity contribution in [3.05, 3.63) is 85.4 Å². The minimum absolute atomic E-state index is 0.0139. The Balaban J connectivity index is 0.961. The quantitative estimate of drug-likeness (QED) is 0.0655. The van der Waals surface area contributed by atoms with Crippen LogP contribution in [0.2, 0.25) is 20.1 Å². The molecule has 0 radical (unpaired) electrons. The molecule has 8 rings (SSSR count). The van der Waals surface area contributed by atoms with Crippen molar-refractivity contribution in [3.63, 3.8) is 0 Å². The van der Waals surface area contributed by atoms with Crippen LogP contribution in [0.4, 0.5) is 26.3 Å². The lowest BCUT2D eigenvalue weighted by atomic mass is 9.94. The molecule has 0 aliphatic heterocycles. The zero-order valence-electron chi connectivity index (χ0n) is 30.4. The third kappa shape index (κ3) is 8.25. The van der Waals surface area contributed by atoms with Gasteiger partial charge in [-0.15, -0.1) is 22.7 Å². The molecule has 0 bridgehead atoms. The summed E-state index contributed by atoms with van der Waals surface area (Å²) in [5, 5.41) is 11.3. The van der Waals surface area contributed by atoms with E-state index in [9.17, 15) is 39.3 Å². The third-order valence-corrected chi connectivity index (χ3v) is 14.5. The first-order valence-electron chi connectivity index (χ1n) is 18.2. The Kier molecular flexibility index (Phi) is 11.7. The molecule has 60 heavy (non-hydrogen) atoms. The number of unbranched alkanes of at least 4 members (excludes halogenated alkanes) is 5. The number of halogens is 10. The van der Waals surface area contributed by atoms with E-state index in [0.717, 1.165) is 10.7 Å². The molecule has 0 fully saturated rings. The number of furan rings is 2.